The molecular weight excluding hydrogens is 358 g/mol. The van der Waals surface area contributed by atoms with Gasteiger partial charge in [0.25, 0.3) is 5.91 Å². The number of anilines is 2. The normalized spacial score (nSPS) is 15.0. The van der Waals surface area contributed by atoms with Crippen LogP contribution in [0.4, 0.5) is 11.6 Å². The van der Waals surface area contributed by atoms with Gasteiger partial charge in [0.05, 0.1) is 0 Å². The van der Waals surface area contributed by atoms with E-state index in [0.717, 1.165) is 31.7 Å². The topological polar surface area (TPSA) is 36.4 Å². The monoisotopic (exact) mass is 385 g/mol. The zero-order chi connectivity index (χ0) is 20.5. The van der Waals surface area contributed by atoms with Gasteiger partial charge in [0.15, 0.2) is 0 Å². The Kier molecular flexibility index (Phi) is 7.24. The van der Waals surface area contributed by atoms with Gasteiger partial charge in [0.2, 0.25) is 0 Å². The molecule has 0 radical (unpaired) electrons. The Morgan fingerprint density at radius 1 is 1.17 bits per heavy atom. The van der Waals surface area contributed by atoms with Crippen molar-refractivity contribution in [1.82, 2.24) is 4.98 Å². The van der Waals surface area contributed by atoms with Gasteiger partial charge >= 0.3 is 0 Å². The van der Waals surface area contributed by atoms with Gasteiger partial charge in [-0.25, -0.2) is 4.98 Å². The molecule has 1 aromatic carbocycles. The molecule has 1 aliphatic carbocycles. The van der Waals surface area contributed by atoms with Crippen molar-refractivity contribution >= 4 is 17.5 Å². The summed E-state index contributed by atoms with van der Waals surface area (Å²) >= 11 is 0. The summed E-state index contributed by atoms with van der Waals surface area (Å²) < 4.78 is 0. The van der Waals surface area contributed by atoms with Gasteiger partial charge in [-0.05, 0) is 43.2 Å². The Bertz CT molecular complexity index is 937. The van der Waals surface area contributed by atoms with Crippen LogP contribution in [0.5, 0.6) is 0 Å². The number of hydrogen-bond donors (Lipinski definition) is 0. The molecule has 29 heavy (non-hydrogen) atoms. The van der Waals surface area contributed by atoms with Crippen molar-refractivity contribution in [3.63, 3.8) is 0 Å². The van der Waals surface area contributed by atoms with Crippen LogP contribution in [-0.2, 0) is 0 Å². The van der Waals surface area contributed by atoms with Crippen LogP contribution < -0.4 is 9.80 Å². The smallest absolute Gasteiger partial charge is 0.259 e. The summed E-state index contributed by atoms with van der Waals surface area (Å²) in [4.78, 5) is 21.3. The van der Waals surface area contributed by atoms with Crippen molar-refractivity contribution in [1.29, 1.82) is 0 Å². The molecule has 0 saturated heterocycles. The second kappa shape index (κ2) is 10.3. The van der Waals surface area contributed by atoms with Gasteiger partial charge in [-0.1, -0.05) is 61.3 Å². The lowest BCUT2D eigenvalue weighted by Crippen LogP contribution is -2.29. The molecule has 4 heteroatoms. The van der Waals surface area contributed by atoms with Crippen molar-refractivity contribution in [3.05, 3.63) is 78.4 Å². The molecule has 0 N–H and O–H groups in total. The quantitative estimate of drug-likeness (QED) is 0.488. The van der Waals surface area contributed by atoms with E-state index in [1.165, 1.54) is 0 Å². The van der Waals surface area contributed by atoms with Crippen molar-refractivity contribution < 1.29 is 4.79 Å². The lowest BCUT2D eigenvalue weighted by atomic mass is 10.0. The summed E-state index contributed by atoms with van der Waals surface area (Å²) in [7, 11) is 1.76. The predicted molar refractivity (Wildman–Crippen MR) is 120 cm³/mol. The zero-order valence-electron chi connectivity index (χ0n) is 17.1. The number of benzene rings is 1. The molecule has 0 spiro atoms. The molecule has 0 saturated carbocycles. The summed E-state index contributed by atoms with van der Waals surface area (Å²) in [6.45, 7) is 3.82. The summed E-state index contributed by atoms with van der Waals surface area (Å²) in [5.41, 5.74) is 0.651. The Hall–Kier alpha value is -3.32. The number of amides is 1. The molecule has 0 bridgehead atoms. The Labute approximate surface area is 173 Å². The molecule has 0 aliphatic heterocycles. The Balaban J connectivity index is 1.73. The first-order valence-electron chi connectivity index (χ1n) is 10.1. The second-order valence-electron chi connectivity index (χ2n) is 6.99. The van der Waals surface area contributed by atoms with E-state index in [4.69, 9.17) is 4.98 Å². The maximum atomic E-state index is 12.7. The first-order valence-corrected chi connectivity index (χ1v) is 10.1. The van der Waals surface area contributed by atoms with E-state index < -0.39 is 0 Å². The minimum absolute atomic E-state index is 0.0684. The summed E-state index contributed by atoms with van der Waals surface area (Å²) in [6, 6.07) is 15.1. The van der Waals surface area contributed by atoms with Crippen LogP contribution in [0.15, 0.2) is 72.8 Å². The summed E-state index contributed by atoms with van der Waals surface area (Å²) in [5, 5.41) is 0. The molecule has 1 aliphatic rings. The van der Waals surface area contributed by atoms with Gasteiger partial charge < -0.3 is 4.90 Å². The van der Waals surface area contributed by atoms with E-state index in [9.17, 15) is 4.79 Å². The fourth-order valence-corrected chi connectivity index (χ4v) is 3.19. The number of pyridine rings is 1. The lowest BCUT2D eigenvalue weighted by Gasteiger charge is -2.24. The lowest BCUT2D eigenvalue weighted by molar-refractivity contribution is 0.0992. The molecule has 4 nitrogen and oxygen atoms in total. The highest BCUT2D eigenvalue weighted by Gasteiger charge is 2.15. The number of carbonyl (C=O) groups is 1. The second-order valence-corrected chi connectivity index (χ2v) is 6.99. The van der Waals surface area contributed by atoms with Crippen molar-refractivity contribution in [2.45, 2.75) is 19.8 Å². The SMILES string of the molecule is CCCN(C/C=C/C1C#CC=CC1)c1cccc(N(C)C(=O)c2ccccc2)n1. The largest absolute Gasteiger partial charge is 0.353 e. The molecule has 1 amide bonds. The molecule has 1 atom stereocenters. The average Bonchev–Trinajstić information content (AvgIpc) is 2.79. The Morgan fingerprint density at radius 3 is 2.69 bits per heavy atom. The number of allylic oxidation sites excluding steroid dienone is 3. The molecule has 1 heterocycles. The average molecular weight is 386 g/mol. The minimum Gasteiger partial charge on any atom is -0.353 e. The van der Waals surface area contributed by atoms with Crippen LogP contribution in [0.2, 0.25) is 0 Å². The van der Waals surface area contributed by atoms with Crippen LogP contribution in [0.1, 0.15) is 30.1 Å². The van der Waals surface area contributed by atoms with Crippen molar-refractivity contribution in [3.8, 4) is 11.8 Å². The van der Waals surface area contributed by atoms with Gasteiger partial charge in [-0.15, -0.1) is 0 Å². The number of hydrogen-bond acceptors (Lipinski definition) is 3. The predicted octanol–water partition coefficient (Wildman–Crippen LogP) is 4.71. The molecule has 1 unspecified atom stereocenters. The van der Waals surface area contributed by atoms with Crippen LogP contribution in [0, 0.1) is 17.8 Å². The molecule has 2 aromatic rings. The highest BCUT2D eigenvalue weighted by Crippen LogP contribution is 2.19. The minimum atomic E-state index is -0.0684. The highest BCUT2D eigenvalue weighted by molar-refractivity contribution is 6.05. The van der Waals surface area contributed by atoms with Crippen molar-refractivity contribution in [2.75, 3.05) is 29.9 Å². The molecule has 148 valence electrons. The zero-order valence-corrected chi connectivity index (χ0v) is 17.1. The first kappa shape index (κ1) is 20.4. The summed E-state index contributed by atoms with van der Waals surface area (Å²) in [6.07, 6.45) is 10.4. The van der Waals surface area contributed by atoms with E-state index >= 15 is 0 Å². The highest BCUT2D eigenvalue weighted by atomic mass is 16.2. The van der Waals surface area contributed by atoms with E-state index in [0.29, 0.717) is 11.4 Å². The number of aromatic nitrogens is 1. The van der Waals surface area contributed by atoms with Gasteiger partial charge in [-0.2, -0.15) is 0 Å². The van der Waals surface area contributed by atoms with Crippen LogP contribution >= 0.6 is 0 Å². The maximum Gasteiger partial charge on any atom is 0.259 e. The maximum absolute atomic E-state index is 12.7. The number of rotatable bonds is 8. The van der Waals surface area contributed by atoms with Crippen LogP contribution in [0.25, 0.3) is 0 Å². The fraction of sp³-hybridized carbons (Fsp3) is 0.280. The van der Waals surface area contributed by atoms with Gasteiger partial charge in [0, 0.05) is 31.6 Å². The molecular formula is C25H27N3O. The molecule has 0 fully saturated rings. The van der Waals surface area contributed by atoms with E-state index in [-0.39, 0.29) is 11.8 Å². The van der Waals surface area contributed by atoms with E-state index in [2.05, 4.69) is 41.9 Å². The van der Waals surface area contributed by atoms with Gasteiger partial charge in [0.1, 0.15) is 11.6 Å². The third-order valence-electron chi connectivity index (χ3n) is 4.76. The first-order chi connectivity index (χ1) is 14.2. The van der Waals surface area contributed by atoms with Crippen LogP contribution in [0.3, 0.4) is 0 Å². The molecule has 1 aromatic heterocycles. The van der Waals surface area contributed by atoms with E-state index in [1.807, 2.05) is 54.6 Å². The van der Waals surface area contributed by atoms with E-state index in [1.54, 1.807) is 11.9 Å². The third kappa shape index (κ3) is 5.58. The third-order valence-corrected chi connectivity index (χ3v) is 4.76. The number of carbonyl (C=O) groups excluding carboxylic acids is 1. The number of nitrogens with zero attached hydrogens (tertiary/aromatic N) is 3. The Morgan fingerprint density at radius 2 is 1.97 bits per heavy atom. The fourth-order valence-electron chi connectivity index (χ4n) is 3.19. The van der Waals surface area contributed by atoms with Crippen molar-refractivity contribution in [2.24, 2.45) is 5.92 Å². The van der Waals surface area contributed by atoms with Crippen LogP contribution in [-0.4, -0.2) is 31.0 Å². The molecule has 3 rings (SSSR count). The standard InChI is InChI=1S/C25H27N3O/c1-3-19-28(20-11-14-21-12-6-4-7-13-21)24-18-10-17-23(26-24)27(2)25(29)22-15-8-5-9-16-22/h4-6,8-11,14-18,21H,3,12,19-20H2,1-2H3/b14-11+. The summed E-state index contributed by atoms with van der Waals surface area (Å²) in [5.74, 6) is 7.98. The van der Waals surface area contributed by atoms with Gasteiger partial charge in [-0.3, -0.25) is 9.69 Å².